The van der Waals surface area contributed by atoms with E-state index in [1.807, 2.05) is 24.3 Å². The molecule has 7 heteroatoms. The average molecular weight is 373 g/mol. The summed E-state index contributed by atoms with van der Waals surface area (Å²) in [6.45, 7) is 1.91. The summed E-state index contributed by atoms with van der Waals surface area (Å²) < 4.78 is 25.2. The molecule has 0 unspecified atom stereocenters. The SMILES string of the molecule is CS(=O)(=O)Nc1cccc(NC(=O)c2ccccc2N2CCCCC2)c1. The molecule has 138 valence electrons. The molecule has 1 fully saturated rings. The van der Waals surface area contributed by atoms with Gasteiger partial charge in [-0.05, 0) is 49.6 Å². The molecule has 0 radical (unpaired) electrons. The Bertz CT molecular complexity index is 890. The van der Waals surface area contributed by atoms with Gasteiger partial charge in [0.2, 0.25) is 10.0 Å². The lowest BCUT2D eigenvalue weighted by Gasteiger charge is -2.30. The van der Waals surface area contributed by atoms with Crippen LogP contribution in [-0.2, 0) is 10.0 Å². The van der Waals surface area contributed by atoms with E-state index < -0.39 is 10.0 Å². The van der Waals surface area contributed by atoms with Crippen molar-refractivity contribution in [1.29, 1.82) is 0 Å². The van der Waals surface area contributed by atoms with E-state index in [-0.39, 0.29) is 5.91 Å². The van der Waals surface area contributed by atoms with E-state index >= 15 is 0 Å². The Kier molecular flexibility index (Phi) is 5.46. The van der Waals surface area contributed by atoms with Crippen LogP contribution in [0.4, 0.5) is 17.1 Å². The number of anilines is 3. The fourth-order valence-corrected chi connectivity index (χ4v) is 3.70. The summed E-state index contributed by atoms with van der Waals surface area (Å²) in [6, 6.07) is 14.2. The molecule has 0 saturated carbocycles. The lowest BCUT2D eigenvalue weighted by atomic mass is 10.1. The highest BCUT2D eigenvalue weighted by atomic mass is 32.2. The number of amides is 1. The molecule has 1 aliphatic rings. The largest absolute Gasteiger partial charge is 0.371 e. The van der Waals surface area contributed by atoms with Crippen LogP contribution in [0.3, 0.4) is 0 Å². The zero-order chi connectivity index (χ0) is 18.6. The second-order valence-electron chi connectivity index (χ2n) is 6.47. The molecule has 2 aromatic carbocycles. The molecule has 0 bridgehead atoms. The van der Waals surface area contributed by atoms with E-state index in [2.05, 4.69) is 14.9 Å². The third-order valence-corrected chi connectivity index (χ3v) is 4.88. The van der Waals surface area contributed by atoms with E-state index in [4.69, 9.17) is 0 Å². The predicted molar refractivity (Wildman–Crippen MR) is 105 cm³/mol. The first kappa shape index (κ1) is 18.3. The minimum atomic E-state index is -3.37. The summed E-state index contributed by atoms with van der Waals surface area (Å²) in [4.78, 5) is 15.0. The van der Waals surface area contributed by atoms with Crippen LogP contribution in [0, 0.1) is 0 Å². The van der Waals surface area contributed by atoms with Crippen LogP contribution in [0.5, 0.6) is 0 Å². The minimum Gasteiger partial charge on any atom is -0.371 e. The van der Waals surface area contributed by atoms with Crippen LogP contribution in [0.1, 0.15) is 29.6 Å². The number of sulfonamides is 1. The first-order valence-corrected chi connectivity index (χ1v) is 10.5. The molecule has 1 saturated heterocycles. The normalized spacial score (nSPS) is 14.7. The molecule has 0 atom stereocenters. The smallest absolute Gasteiger partial charge is 0.257 e. The summed E-state index contributed by atoms with van der Waals surface area (Å²) >= 11 is 0. The summed E-state index contributed by atoms with van der Waals surface area (Å²) in [5.74, 6) is -0.206. The lowest BCUT2D eigenvalue weighted by Crippen LogP contribution is -2.31. The van der Waals surface area contributed by atoms with Gasteiger partial charge in [-0.15, -0.1) is 0 Å². The fourth-order valence-electron chi connectivity index (χ4n) is 3.15. The zero-order valence-electron chi connectivity index (χ0n) is 14.7. The topological polar surface area (TPSA) is 78.5 Å². The Labute approximate surface area is 154 Å². The van der Waals surface area contributed by atoms with Gasteiger partial charge in [0.25, 0.3) is 5.91 Å². The summed E-state index contributed by atoms with van der Waals surface area (Å²) in [6.07, 6.45) is 4.59. The Morgan fingerprint density at radius 3 is 2.38 bits per heavy atom. The number of hydrogen-bond donors (Lipinski definition) is 2. The molecule has 26 heavy (non-hydrogen) atoms. The molecule has 0 aromatic heterocycles. The molecule has 2 N–H and O–H groups in total. The maximum atomic E-state index is 12.8. The molecule has 1 amide bonds. The molecule has 3 rings (SSSR count). The molecule has 0 spiro atoms. The van der Waals surface area contributed by atoms with Gasteiger partial charge < -0.3 is 10.2 Å². The van der Waals surface area contributed by atoms with E-state index in [0.29, 0.717) is 16.9 Å². The van der Waals surface area contributed by atoms with Crippen molar-refractivity contribution in [2.24, 2.45) is 0 Å². The van der Waals surface area contributed by atoms with Gasteiger partial charge in [-0.3, -0.25) is 9.52 Å². The van der Waals surface area contributed by atoms with Gasteiger partial charge in [0.05, 0.1) is 17.5 Å². The number of nitrogens with one attached hydrogen (secondary N) is 2. The molecule has 0 aliphatic carbocycles. The van der Waals surface area contributed by atoms with Crippen LogP contribution in [0.2, 0.25) is 0 Å². The molecular formula is C19H23N3O3S. The third-order valence-electron chi connectivity index (χ3n) is 4.27. The van der Waals surface area contributed by atoms with Crippen molar-refractivity contribution in [2.75, 3.05) is 34.3 Å². The van der Waals surface area contributed by atoms with E-state index in [9.17, 15) is 13.2 Å². The van der Waals surface area contributed by atoms with Crippen molar-refractivity contribution in [3.05, 3.63) is 54.1 Å². The Balaban J connectivity index is 1.79. The summed E-state index contributed by atoms with van der Waals surface area (Å²) in [5.41, 5.74) is 2.51. The van der Waals surface area contributed by atoms with Crippen molar-refractivity contribution >= 4 is 33.0 Å². The standard InChI is InChI=1S/C19H23N3O3S/c1-26(24,25)21-16-9-7-8-15(14-16)20-19(23)17-10-3-4-11-18(17)22-12-5-2-6-13-22/h3-4,7-11,14,21H,2,5-6,12-13H2,1H3,(H,20,23). The summed E-state index contributed by atoms with van der Waals surface area (Å²) in [7, 11) is -3.37. The number of rotatable bonds is 5. The Hall–Kier alpha value is -2.54. The first-order valence-electron chi connectivity index (χ1n) is 8.65. The van der Waals surface area contributed by atoms with E-state index in [1.165, 1.54) is 6.42 Å². The van der Waals surface area contributed by atoms with Crippen molar-refractivity contribution < 1.29 is 13.2 Å². The van der Waals surface area contributed by atoms with Crippen molar-refractivity contribution in [2.45, 2.75) is 19.3 Å². The number of para-hydroxylation sites is 1. The highest BCUT2D eigenvalue weighted by Gasteiger charge is 2.18. The monoisotopic (exact) mass is 373 g/mol. The minimum absolute atomic E-state index is 0.206. The molecular weight excluding hydrogens is 350 g/mol. The molecule has 1 aliphatic heterocycles. The summed E-state index contributed by atoms with van der Waals surface area (Å²) in [5, 5.41) is 2.86. The Morgan fingerprint density at radius 1 is 0.962 bits per heavy atom. The van der Waals surface area contributed by atoms with Gasteiger partial charge >= 0.3 is 0 Å². The highest BCUT2D eigenvalue weighted by molar-refractivity contribution is 7.92. The number of hydrogen-bond acceptors (Lipinski definition) is 4. The number of carbonyl (C=O) groups excluding carboxylic acids is 1. The first-order chi connectivity index (χ1) is 12.4. The average Bonchev–Trinajstić information content (AvgIpc) is 2.61. The quantitative estimate of drug-likeness (QED) is 0.843. The maximum Gasteiger partial charge on any atom is 0.257 e. The fraction of sp³-hybridized carbons (Fsp3) is 0.316. The van der Waals surface area contributed by atoms with Gasteiger partial charge in [-0.2, -0.15) is 0 Å². The number of carbonyl (C=O) groups is 1. The van der Waals surface area contributed by atoms with E-state index in [1.54, 1.807) is 24.3 Å². The van der Waals surface area contributed by atoms with Crippen molar-refractivity contribution in [1.82, 2.24) is 0 Å². The van der Waals surface area contributed by atoms with Crippen LogP contribution in [0.15, 0.2) is 48.5 Å². The predicted octanol–water partition coefficient (Wildman–Crippen LogP) is 3.30. The second-order valence-corrected chi connectivity index (χ2v) is 8.22. The van der Waals surface area contributed by atoms with Crippen molar-refractivity contribution in [3.8, 4) is 0 Å². The van der Waals surface area contributed by atoms with Crippen LogP contribution in [0.25, 0.3) is 0 Å². The molecule has 6 nitrogen and oxygen atoms in total. The zero-order valence-corrected chi connectivity index (χ0v) is 15.6. The second kappa shape index (κ2) is 7.78. The van der Waals surface area contributed by atoms with Crippen LogP contribution < -0.4 is 14.9 Å². The highest BCUT2D eigenvalue weighted by Crippen LogP contribution is 2.25. The van der Waals surface area contributed by atoms with Gasteiger partial charge in [0.1, 0.15) is 0 Å². The van der Waals surface area contributed by atoms with E-state index in [0.717, 1.165) is 37.9 Å². The van der Waals surface area contributed by atoms with Crippen molar-refractivity contribution in [3.63, 3.8) is 0 Å². The number of nitrogens with zero attached hydrogens (tertiary/aromatic N) is 1. The lowest BCUT2D eigenvalue weighted by molar-refractivity contribution is 0.102. The van der Waals surface area contributed by atoms with Crippen LogP contribution in [-0.4, -0.2) is 33.7 Å². The number of benzene rings is 2. The van der Waals surface area contributed by atoms with Crippen LogP contribution >= 0.6 is 0 Å². The maximum absolute atomic E-state index is 12.8. The third kappa shape index (κ3) is 4.76. The molecule has 1 heterocycles. The van der Waals surface area contributed by atoms with Gasteiger partial charge in [0.15, 0.2) is 0 Å². The Morgan fingerprint density at radius 2 is 1.65 bits per heavy atom. The number of piperidine rings is 1. The van der Waals surface area contributed by atoms with Gasteiger partial charge in [0, 0.05) is 24.5 Å². The molecule has 2 aromatic rings. The van der Waals surface area contributed by atoms with Gasteiger partial charge in [-0.25, -0.2) is 8.42 Å². The van der Waals surface area contributed by atoms with Gasteiger partial charge in [-0.1, -0.05) is 18.2 Å².